The first kappa shape index (κ1) is 52.0. The molecule has 0 bridgehead atoms. The number of allylic oxidation sites excluding steroid dienone is 8. The Bertz CT molecular complexity index is 3620. The normalized spacial score (nSPS) is 22.8. The third-order valence-electron chi connectivity index (χ3n) is 20.5. The van der Waals surface area contributed by atoms with E-state index in [1.165, 1.54) is 176 Å². The van der Waals surface area contributed by atoms with Gasteiger partial charge >= 0.3 is 0 Å². The topological polar surface area (TPSA) is 31.0 Å². The highest BCUT2D eigenvalue weighted by Gasteiger charge is 2.53. The number of rotatable bonds is 10. The average molecular weight is 1060 g/mol. The molecule has 6 nitrogen and oxygen atoms in total. The van der Waals surface area contributed by atoms with Crippen LogP contribution in [0.15, 0.2) is 169 Å². The molecule has 0 N–H and O–H groups in total. The Kier molecular flexibility index (Phi) is 12.8. The van der Waals surface area contributed by atoms with Gasteiger partial charge in [-0.2, -0.15) is 9.15 Å². The van der Waals surface area contributed by atoms with Crippen LogP contribution >= 0.6 is 0 Å². The first-order valence-corrected chi connectivity index (χ1v) is 29.7. The molecule has 6 heteroatoms. The third-order valence-corrected chi connectivity index (χ3v) is 20.5. The van der Waals surface area contributed by atoms with Crippen molar-refractivity contribution in [2.45, 2.75) is 126 Å². The van der Waals surface area contributed by atoms with Crippen LogP contribution in [0, 0.1) is 13.8 Å². The molecule has 2 aliphatic carbocycles. The molecule has 2 fully saturated rings. The van der Waals surface area contributed by atoms with Crippen molar-refractivity contribution >= 4 is 55.7 Å². The lowest BCUT2D eigenvalue weighted by Crippen LogP contribution is -2.36. The zero-order valence-corrected chi connectivity index (χ0v) is 49.1. The predicted octanol–water partition coefficient (Wildman–Crippen LogP) is 16.7. The lowest BCUT2D eigenvalue weighted by atomic mass is 9.66. The monoisotopic (exact) mass is 1060 g/mol. The number of anilines is 2. The van der Waals surface area contributed by atoms with Crippen LogP contribution in [0.1, 0.15) is 123 Å². The van der Waals surface area contributed by atoms with Crippen molar-refractivity contribution in [3.8, 4) is 11.5 Å². The molecule has 2 atom stereocenters. The summed E-state index contributed by atoms with van der Waals surface area (Å²) in [7, 11) is 12.7. The number of benzene rings is 7. The number of fused-ring (bicyclic) bond motifs is 10. The van der Waals surface area contributed by atoms with Gasteiger partial charge in [-0.3, -0.25) is 0 Å². The SMILES string of the molecule is COc1cc(C)c2c(c1)C(C)(Cc1ccc(CC3(C)/C(=C/C=C/C4=[N+](C)c5ccc6ccccc6c5C45CCCCC5)N(C)c4c(C)cc(OC)cc43)cc1)/C(=C/C=C/C1=[N+](C)c3ccc4ccccc4c3C13CCCCC3)N2C. The standard InChI is InChI=1S/C74H80N4O2/c1-49-43-55(79-9)45-59-69(49)77(7)63(27-21-29-65-73(39-17-11-18-40-73)67-57-25-15-13-23-53(57)35-37-61(67)75(65)5)71(59,3)47-51-31-33-52(34-32-51)48-72(4)60-46-56(80-10)44-50(2)70(60)78(8)64(72)28-22-30-66-74(41-19-12-20-42-74)68-58-26-16-14-24-54(58)36-38-62(68)76(66)6/h13-16,21-38,43-46H,11-12,17-20,39-42,47-48H2,1-10H3/q+2. The summed E-state index contributed by atoms with van der Waals surface area (Å²) in [5, 5.41) is 5.48. The van der Waals surface area contributed by atoms with Crippen LogP contribution in [-0.2, 0) is 34.5 Å². The van der Waals surface area contributed by atoms with E-state index in [9.17, 15) is 0 Å². The maximum absolute atomic E-state index is 6.00. The van der Waals surface area contributed by atoms with Gasteiger partial charge in [-0.1, -0.05) is 123 Å². The maximum Gasteiger partial charge on any atom is 0.210 e. The Morgan fingerprint density at radius 3 is 1.27 bits per heavy atom. The molecule has 6 aliphatic rings. The van der Waals surface area contributed by atoms with Gasteiger partial charge in [0.1, 0.15) is 25.6 Å². The van der Waals surface area contributed by atoms with Gasteiger partial charge in [-0.15, -0.1) is 0 Å². The van der Waals surface area contributed by atoms with E-state index in [0.717, 1.165) is 24.3 Å². The second-order valence-electron chi connectivity index (χ2n) is 25.0. The van der Waals surface area contributed by atoms with Crippen LogP contribution < -0.4 is 19.3 Å². The largest absolute Gasteiger partial charge is 0.497 e. The zero-order valence-electron chi connectivity index (χ0n) is 49.1. The molecule has 0 radical (unpaired) electrons. The van der Waals surface area contributed by atoms with Gasteiger partial charge in [0.05, 0.1) is 25.0 Å². The van der Waals surface area contributed by atoms with Crippen molar-refractivity contribution in [2.24, 2.45) is 0 Å². The first-order valence-electron chi connectivity index (χ1n) is 29.7. The Morgan fingerprint density at radius 1 is 0.500 bits per heavy atom. The molecule has 7 aromatic rings. The second kappa shape index (κ2) is 19.7. The molecule has 406 valence electrons. The van der Waals surface area contributed by atoms with Crippen molar-refractivity contribution in [1.82, 2.24) is 0 Å². The molecular weight excluding hydrogens is 977 g/mol. The molecule has 4 aliphatic heterocycles. The Morgan fingerprint density at radius 2 is 0.887 bits per heavy atom. The summed E-state index contributed by atoms with van der Waals surface area (Å²) in [6.45, 7) is 9.37. The number of hydrogen-bond donors (Lipinski definition) is 0. The highest BCUT2D eigenvalue weighted by atomic mass is 16.5. The molecule has 0 amide bonds. The molecule has 7 aromatic carbocycles. The van der Waals surface area contributed by atoms with Crippen molar-refractivity contribution < 1.29 is 18.6 Å². The highest BCUT2D eigenvalue weighted by molar-refractivity contribution is 6.09. The molecule has 80 heavy (non-hydrogen) atoms. The smallest absolute Gasteiger partial charge is 0.210 e. The molecule has 0 aromatic heterocycles. The van der Waals surface area contributed by atoms with E-state index in [1.54, 1.807) is 14.2 Å². The number of ether oxygens (including phenoxy) is 2. The Hall–Kier alpha value is -7.44. The number of nitrogens with zero attached hydrogens (tertiary/aromatic N) is 4. The van der Waals surface area contributed by atoms with Crippen LogP contribution in [0.2, 0.25) is 0 Å². The molecule has 2 spiro atoms. The summed E-state index contributed by atoms with van der Waals surface area (Å²) in [5.41, 5.74) is 20.9. The molecule has 4 heterocycles. The van der Waals surface area contributed by atoms with Gasteiger partial charge in [0, 0.05) is 83.1 Å². The van der Waals surface area contributed by atoms with E-state index in [-0.39, 0.29) is 21.7 Å². The summed E-state index contributed by atoms with van der Waals surface area (Å²) in [5.74, 6) is 1.81. The summed E-state index contributed by atoms with van der Waals surface area (Å²) in [6.07, 6.45) is 28.6. The summed E-state index contributed by atoms with van der Waals surface area (Å²) >= 11 is 0. The molecule has 2 saturated carbocycles. The summed E-state index contributed by atoms with van der Waals surface area (Å²) in [4.78, 5) is 4.91. The van der Waals surface area contributed by atoms with E-state index in [0.29, 0.717) is 0 Å². The summed E-state index contributed by atoms with van der Waals surface area (Å²) < 4.78 is 17.0. The minimum atomic E-state index is -0.325. The lowest BCUT2D eigenvalue weighted by molar-refractivity contribution is -0.401. The molecule has 0 saturated heterocycles. The maximum atomic E-state index is 6.00. The van der Waals surface area contributed by atoms with Crippen LogP contribution in [0.3, 0.4) is 0 Å². The molecule has 2 unspecified atom stereocenters. The van der Waals surface area contributed by atoms with E-state index in [4.69, 9.17) is 9.47 Å². The fourth-order valence-corrected chi connectivity index (χ4v) is 16.8. The number of hydrogen-bond acceptors (Lipinski definition) is 4. The van der Waals surface area contributed by atoms with E-state index in [1.807, 2.05) is 0 Å². The van der Waals surface area contributed by atoms with Gasteiger partial charge in [-0.05, 0) is 170 Å². The fourth-order valence-electron chi connectivity index (χ4n) is 16.8. The Labute approximate surface area is 475 Å². The van der Waals surface area contributed by atoms with Gasteiger partial charge in [0.15, 0.2) is 11.4 Å². The van der Waals surface area contributed by atoms with Crippen molar-refractivity contribution in [1.29, 1.82) is 0 Å². The van der Waals surface area contributed by atoms with E-state index < -0.39 is 0 Å². The zero-order chi connectivity index (χ0) is 55.3. The third kappa shape index (κ3) is 7.85. The van der Waals surface area contributed by atoms with E-state index in [2.05, 4.69) is 233 Å². The van der Waals surface area contributed by atoms with Crippen LogP contribution in [0.25, 0.3) is 21.5 Å². The minimum absolute atomic E-state index is 0.00973. The number of methoxy groups -OCH3 is 2. The van der Waals surface area contributed by atoms with Gasteiger partial charge in [-0.25, -0.2) is 0 Å². The number of aryl methyl sites for hydroxylation is 2. The first-order chi connectivity index (χ1) is 38.7. The highest BCUT2D eigenvalue weighted by Crippen LogP contribution is 2.56. The van der Waals surface area contributed by atoms with Crippen molar-refractivity contribution in [3.05, 3.63) is 214 Å². The van der Waals surface area contributed by atoms with Crippen LogP contribution in [0.4, 0.5) is 22.7 Å². The average Bonchev–Trinajstić information content (AvgIpc) is 4.15. The van der Waals surface area contributed by atoms with Gasteiger partial charge in [0.2, 0.25) is 11.4 Å². The van der Waals surface area contributed by atoms with Crippen molar-refractivity contribution in [2.75, 3.05) is 52.2 Å². The van der Waals surface area contributed by atoms with Crippen LogP contribution in [0.5, 0.6) is 11.5 Å². The molecule has 13 rings (SSSR count). The number of likely N-dealkylation sites (N-methyl/N-ethyl adjacent to an activating group) is 2. The van der Waals surface area contributed by atoms with Crippen LogP contribution in [-0.4, -0.2) is 63.0 Å². The second-order valence-corrected chi connectivity index (χ2v) is 25.0. The predicted molar refractivity (Wildman–Crippen MR) is 334 cm³/mol. The molecular formula is C74H80N4O2+2. The quantitative estimate of drug-likeness (QED) is 0.128. The lowest BCUT2D eigenvalue weighted by Gasteiger charge is -2.32. The van der Waals surface area contributed by atoms with Crippen molar-refractivity contribution in [3.63, 3.8) is 0 Å². The van der Waals surface area contributed by atoms with Gasteiger partial charge in [0.25, 0.3) is 0 Å². The van der Waals surface area contributed by atoms with E-state index >= 15 is 0 Å². The summed E-state index contributed by atoms with van der Waals surface area (Å²) in [6, 6.07) is 46.0. The fraction of sp³-hybridized carbons (Fsp3) is 0.351. The van der Waals surface area contributed by atoms with Gasteiger partial charge < -0.3 is 19.3 Å². The minimum Gasteiger partial charge on any atom is -0.497 e. The Balaban J connectivity index is 0.838.